The summed E-state index contributed by atoms with van der Waals surface area (Å²) < 4.78 is 99.2. The van der Waals surface area contributed by atoms with Gasteiger partial charge < -0.3 is 55.3 Å². The number of fused-ring (bicyclic) bond motifs is 3. The zero-order valence-electron chi connectivity index (χ0n) is 32.3. The van der Waals surface area contributed by atoms with Crippen LogP contribution in [0.3, 0.4) is 0 Å². The van der Waals surface area contributed by atoms with Crippen LogP contribution in [-0.2, 0) is 37.8 Å². The van der Waals surface area contributed by atoms with Gasteiger partial charge in [0.1, 0.15) is 52.4 Å². The number of hydrogen-bond donors (Lipinski definition) is 1. The van der Waals surface area contributed by atoms with Gasteiger partial charge >= 0.3 is 28.3 Å². The van der Waals surface area contributed by atoms with E-state index in [2.05, 4.69) is 4.18 Å². The molecule has 0 spiro atoms. The SMILES string of the molecule is CCOC(=O)c1c(C)oc2cc(OC)c(OCc3oc4cc(OC)c(OCc5oc6cc(OS(=O)(=O)O)c(OC)cc6c5C(=O)OCC)cc4c3C(=O)OCC)cc12. The van der Waals surface area contributed by atoms with Gasteiger partial charge in [0.15, 0.2) is 46.0 Å². The third-order valence-electron chi connectivity index (χ3n) is 8.60. The van der Waals surface area contributed by atoms with E-state index in [1.807, 2.05) is 0 Å². The molecule has 0 amide bonds. The van der Waals surface area contributed by atoms with Crippen LogP contribution in [-0.4, -0.2) is 72.0 Å². The highest BCUT2D eigenvalue weighted by molar-refractivity contribution is 7.81. The van der Waals surface area contributed by atoms with Gasteiger partial charge in [-0.1, -0.05) is 0 Å². The standard InChI is InChI=1S/C39H38O18S/c1-8-49-37(40)34-19(4)54-23-14-27(47-6)29(12-20(23)34)52-18-33-36(39(42)51-10-3)22-13-30(28(48-7)15-24(22)55-33)53-17-32-35(38(41)50-9-2)21-11-26(46-5)31(16-25(21)56-32)57-58(43,44)45/h11-16H,8-10,17-18H2,1-7H3,(H,43,44,45). The maximum atomic E-state index is 13.5. The lowest BCUT2D eigenvalue weighted by Crippen LogP contribution is -2.09. The minimum Gasteiger partial charge on any atom is -0.493 e. The molecule has 58 heavy (non-hydrogen) atoms. The number of esters is 3. The van der Waals surface area contributed by atoms with Crippen LogP contribution in [0, 0.1) is 6.92 Å². The summed E-state index contributed by atoms with van der Waals surface area (Å²) in [6.45, 7) is 6.08. The third kappa shape index (κ3) is 8.12. The summed E-state index contributed by atoms with van der Waals surface area (Å²) in [5.74, 6) is -1.53. The molecule has 0 saturated heterocycles. The van der Waals surface area contributed by atoms with E-state index in [0.29, 0.717) is 16.7 Å². The first kappa shape index (κ1) is 41.0. The first-order valence-corrected chi connectivity index (χ1v) is 18.9. The van der Waals surface area contributed by atoms with Gasteiger partial charge in [-0.05, 0) is 45.9 Å². The minimum atomic E-state index is -4.95. The maximum Gasteiger partial charge on any atom is 0.446 e. The van der Waals surface area contributed by atoms with Crippen molar-refractivity contribution in [1.82, 2.24) is 0 Å². The van der Waals surface area contributed by atoms with Crippen molar-refractivity contribution < 1.29 is 82.7 Å². The van der Waals surface area contributed by atoms with Crippen molar-refractivity contribution in [2.45, 2.75) is 40.9 Å². The van der Waals surface area contributed by atoms with Crippen molar-refractivity contribution in [3.05, 3.63) is 70.4 Å². The molecule has 19 heteroatoms. The van der Waals surface area contributed by atoms with Crippen molar-refractivity contribution in [3.63, 3.8) is 0 Å². The van der Waals surface area contributed by atoms with E-state index in [-0.39, 0.29) is 105 Å². The molecule has 18 nitrogen and oxygen atoms in total. The topological polar surface area (TPSA) is 228 Å². The molecule has 0 atom stereocenters. The first-order chi connectivity index (χ1) is 27.7. The highest BCUT2D eigenvalue weighted by Gasteiger charge is 2.29. The number of carbonyl (C=O) groups excluding carboxylic acids is 3. The van der Waals surface area contributed by atoms with Crippen LogP contribution in [0.2, 0.25) is 0 Å². The largest absolute Gasteiger partial charge is 0.493 e. The molecular weight excluding hydrogens is 788 g/mol. The van der Waals surface area contributed by atoms with Gasteiger partial charge in [-0.3, -0.25) is 4.55 Å². The van der Waals surface area contributed by atoms with E-state index in [4.69, 9.17) is 51.1 Å². The summed E-state index contributed by atoms with van der Waals surface area (Å²) in [5.41, 5.74) is 0.740. The Hall–Kier alpha value is -6.60. The van der Waals surface area contributed by atoms with E-state index in [1.54, 1.807) is 39.8 Å². The van der Waals surface area contributed by atoms with Crippen LogP contribution in [0.15, 0.2) is 49.6 Å². The van der Waals surface area contributed by atoms with E-state index in [9.17, 15) is 27.4 Å². The highest BCUT2D eigenvalue weighted by Crippen LogP contribution is 2.42. The summed E-state index contributed by atoms with van der Waals surface area (Å²) in [4.78, 5) is 39.5. The smallest absolute Gasteiger partial charge is 0.446 e. The zero-order valence-corrected chi connectivity index (χ0v) is 33.1. The molecule has 6 aromatic rings. The molecule has 308 valence electrons. The van der Waals surface area contributed by atoms with Crippen LogP contribution in [0.5, 0.6) is 34.5 Å². The summed E-state index contributed by atoms with van der Waals surface area (Å²) in [5, 5.41) is 0.853. The number of carbonyl (C=O) groups is 3. The molecule has 3 heterocycles. The fourth-order valence-corrected chi connectivity index (χ4v) is 6.58. The van der Waals surface area contributed by atoms with Crippen molar-refractivity contribution in [2.24, 2.45) is 0 Å². The molecule has 1 N–H and O–H groups in total. The van der Waals surface area contributed by atoms with Crippen molar-refractivity contribution in [1.29, 1.82) is 0 Å². The van der Waals surface area contributed by atoms with Gasteiger partial charge in [0.05, 0.1) is 41.2 Å². The van der Waals surface area contributed by atoms with Gasteiger partial charge in [-0.25, -0.2) is 14.4 Å². The van der Waals surface area contributed by atoms with Gasteiger partial charge in [0, 0.05) is 34.4 Å². The lowest BCUT2D eigenvalue weighted by Gasteiger charge is -2.11. The fourth-order valence-electron chi connectivity index (χ4n) is 6.22. The molecule has 0 fully saturated rings. The second kappa shape index (κ2) is 16.9. The average molecular weight is 827 g/mol. The summed E-state index contributed by atoms with van der Waals surface area (Å²) in [6.07, 6.45) is 0. The lowest BCUT2D eigenvalue weighted by molar-refractivity contribution is 0.0513. The van der Waals surface area contributed by atoms with Crippen molar-refractivity contribution >= 4 is 61.2 Å². The Bertz CT molecular complexity index is 2650. The van der Waals surface area contributed by atoms with Crippen LogP contribution < -0.4 is 27.9 Å². The Morgan fingerprint density at radius 1 is 0.552 bits per heavy atom. The second-order valence-corrected chi connectivity index (χ2v) is 13.1. The normalized spacial score (nSPS) is 11.4. The second-order valence-electron chi connectivity index (χ2n) is 12.1. The predicted molar refractivity (Wildman–Crippen MR) is 202 cm³/mol. The molecule has 0 aliphatic rings. The van der Waals surface area contributed by atoms with Gasteiger partial charge in [-0.2, -0.15) is 8.42 Å². The van der Waals surface area contributed by atoms with Crippen LogP contribution in [0.4, 0.5) is 0 Å². The maximum absolute atomic E-state index is 13.5. The Labute approximate surface area is 330 Å². The fraction of sp³-hybridized carbons (Fsp3) is 0.308. The Kier molecular flexibility index (Phi) is 11.9. The van der Waals surface area contributed by atoms with Crippen molar-refractivity contribution in [3.8, 4) is 34.5 Å². The monoisotopic (exact) mass is 826 g/mol. The number of hydrogen-bond acceptors (Lipinski definition) is 17. The summed E-state index contributed by atoms with van der Waals surface area (Å²) in [7, 11) is -0.907. The number of benzene rings is 3. The Morgan fingerprint density at radius 2 is 0.914 bits per heavy atom. The van der Waals surface area contributed by atoms with Crippen LogP contribution in [0.1, 0.15) is 69.1 Å². The number of aryl methyl sites for hydroxylation is 1. The molecule has 0 aliphatic heterocycles. The highest BCUT2D eigenvalue weighted by atomic mass is 32.3. The molecule has 3 aromatic heterocycles. The molecule has 0 radical (unpaired) electrons. The Morgan fingerprint density at radius 3 is 1.33 bits per heavy atom. The van der Waals surface area contributed by atoms with Gasteiger partial charge in [-0.15, -0.1) is 0 Å². The van der Waals surface area contributed by atoms with E-state index in [0.717, 1.165) is 6.07 Å². The number of furan rings is 3. The van der Waals surface area contributed by atoms with Gasteiger partial charge in [0.2, 0.25) is 0 Å². The summed E-state index contributed by atoms with van der Waals surface area (Å²) >= 11 is 0. The molecule has 0 aliphatic carbocycles. The Balaban J connectivity index is 1.38. The summed E-state index contributed by atoms with van der Waals surface area (Å²) in [6, 6.07) is 8.50. The number of rotatable bonds is 17. The van der Waals surface area contributed by atoms with E-state index in [1.165, 1.54) is 39.5 Å². The number of ether oxygens (including phenoxy) is 8. The molecule has 0 unspecified atom stereocenters. The molecular formula is C39H38O18S. The zero-order chi connectivity index (χ0) is 41.9. The molecule has 0 saturated carbocycles. The number of methoxy groups -OCH3 is 3. The minimum absolute atomic E-state index is 0.0135. The quantitative estimate of drug-likeness (QED) is 0.0548. The van der Waals surface area contributed by atoms with E-state index < -0.39 is 40.7 Å². The average Bonchev–Trinajstić information content (AvgIpc) is 3.83. The van der Waals surface area contributed by atoms with Crippen molar-refractivity contribution in [2.75, 3.05) is 41.2 Å². The van der Waals surface area contributed by atoms with Gasteiger partial charge in [0.25, 0.3) is 0 Å². The molecule has 3 aromatic carbocycles. The molecule has 0 bridgehead atoms. The predicted octanol–water partition coefficient (Wildman–Crippen LogP) is 7.13. The third-order valence-corrected chi connectivity index (χ3v) is 8.99. The molecule has 6 rings (SSSR count). The lowest BCUT2D eigenvalue weighted by atomic mass is 10.1. The van der Waals surface area contributed by atoms with E-state index >= 15 is 0 Å². The van der Waals surface area contributed by atoms with Crippen LogP contribution in [0.25, 0.3) is 32.9 Å². The first-order valence-electron chi connectivity index (χ1n) is 17.6. The van der Waals surface area contributed by atoms with Crippen LogP contribution >= 0.6 is 0 Å².